The number of aliphatic hydroxyl groups is 1. The molecule has 0 fully saturated rings. The van der Waals surface area contributed by atoms with E-state index in [0.717, 1.165) is 0 Å². The van der Waals surface area contributed by atoms with Gasteiger partial charge in [0.2, 0.25) is 0 Å². The Kier molecular flexibility index (Phi) is 4.86. The van der Waals surface area contributed by atoms with Crippen molar-refractivity contribution >= 4 is 27.7 Å². The average Bonchev–Trinajstić information content (AvgIpc) is 2.35. The molecule has 0 saturated carbocycles. The summed E-state index contributed by atoms with van der Waals surface area (Å²) >= 11 is 3.17. The third-order valence-corrected chi connectivity index (χ3v) is 3.60. The summed E-state index contributed by atoms with van der Waals surface area (Å²) in [6, 6.07) is 4.74. The van der Waals surface area contributed by atoms with Crippen molar-refractivity contribution < 1.29 is 24.5 Å². The lowest BCUT2D eigenvalue weighted by atomic mass is 9.97. The van der Waals surface area contributed by atoms with Crippen LogP contribution in [0.2, 0.25) is 0 Å². The second kappa shape index (κ2) is 5.97. The number of aliphatic hydroxyl groups excluding tert-OH is 1. The minimum absolute atomic E-state index is 0.0876. The molecule has 0 aliphatic carbocycles. The highest BCUT2D eigenvalue weighted by Crippen LogP contribution is 2.36. The average molecular weight is 317 g/mol. The van der Waals surface area contributed by atoms with E-state index in [1.807, 2.05) is 0 Å². The number of ketones is 1. The van der Waals surface area contributed by atoms with Gasteiger partial charge in [0.25, 0.3) is 0 Å². The Morgan fingerprint density at radius 2 is 2.00 bits per heavy atom. The van der Waals surface area contributed by atoms with Crippen LogP contribution in [0.4, 0.5) is 0 Å². The lowest BCUT2D eigenvalue weighted by Crippen LogP contribution is -2.16. The zero-order valence-electron chi connectivity index (χ0n) is 9.88. The van der Waals surface area contributed by atoms with E-state index < -0.39 is 16.9 Å². The van der Waals surface area contributed by atoms with Crippen LogP contribution < -0.4 is 4.74 Å². The number of carboxylic acids is 1. The number of rotatable bonds is 5. The first-order valence-electron chi connectivity index (χ1n) is 5.12. The van der Waals surface area contributed by atoms with Crippen molar-refractivity contribution in [1.29, 1.82) is 0 Å². The van der Waals surface area contributed by atoms with Gasteiger partial charge >= 0.3 is 5.97 Å². The van der Waals surface area contributed by atoms with Gasteiger partial charge in [0.1, 0.15) is 11.5 Å². The fourth-order valence-corrected chi connectivity index (χ4v) is 1.99. The topological polar surface area (TPSA) is 83.8 Å². The van der Waals surface area contributed by atoms with E-state index in [-0.39, 0.29) is 17.1 Å². The second-order valence-corrected chi connectivity index (χ2v) is 4.59. The van der Waals surface area contributed by atoms with E-state index in [1.54, 1.807) is 12.1 Å². The van der Waals surface area contributed by atoms with Gasteiger partial charge in [-0.15, -0.1) is 0 Å². The Morgan fingerprint density at radius 1 is 1.39 bits per heavy atom. The number of hydrogen-bond donors (Lipinski definition) is 2. The molecule has 0 radical (unpaired) electrons. The third-order valence-electron chi connectivity index (χ3n) is 2.46. The molecule has 1 aromatic rings. The van der Waals surface area contributed by atoms with Crippen molar-refractivity contribution in [1.82, 2.24) is 0 Å². The molecule has 0 spiro atoms. The van der Waals surface area contributed by atoms with Crippen LogP contribution in [-0.4, -0.2) is 29.1 Å². The lowest BCUT2D eigenvalue weighted by molar-refractivity contribution is -0.147. The molecule has 0 amide bonds. The first kappa shape index (κ1) is 14.7. The highest BCUT2D eigenvalue weighted by atomic mass is 79.9. The molecule has 0 bridgehead atoms. The number of halogens is 1. The van der Waals surface area contributed by atoms with Gasteiger partial charge in [-0.2, -0.15) is 0 Å². The fraction of sp³-hybridized carbons (Fsp3) is 0.333. The number of hydrogen-bond acceptors (Lipinski definition) is 4. The standard InChI is InChI=1S/C12H13BrO5/c1-6(14)10(13)7-4-3-5-8(18-2)9(7)11(15)12(16)17/h3-5,10-11,15H,1-2H3,(H,16,17). The predicted molar refractivity (Wildman–Crippen MR) is 67.9 cm³/mol. The van der Waals surface area contributed by atoms with Crippen molar-refractivity contribution in [2.24, 2.45) is 0 Å². The van der Waals surface area contributed by atoms with Crippen LogP contribution in [0, 0.1) is 0 Å². The molecule has 6 heteroatoms. The number of ether oxygens (including phenoxy) is 1. The second-order valence-electron chi connectivity index (χ2n) is 3.68. The van der Waals surface area contributed by atoms with Crippen molar-refractivity contribution in [2.75, 3.05) is 7.11 Å². The van der Waals surface area contributed by atoms with E-state index in [1.165, 1.54) is 20.1 Å². The summed E-state index contributed by atoms with van der Waals surface area (Å²) in [6.07, 6.45) is -1.74. The summed E-state index contributed by atoms with van der Waals surface area (Å²) in [5.74, 6) is -1.36. The maximum atomic E-state index is 11.4. The van der Waals surface area contributed by atoms with Gasteiger partial charge in [-0.3, -0.25) is 4.79 Å². The number of aliphatic carboxylic acids is 1. The Morgan fingerprint density at radius 3 is 2.44 bits per heavy atom. The smallest absolute Gasteiger partial charge is 0.337 e. The summed E-state index contributed by atoms with van der Waals surface area (Å²) < 4.78 is 5.03. The maximum Gasteiger partial charge on any atom is 0.337 e. The molecule has 0 aliphatic heterocycles. The van der Waals surface area contributed by atoms with Gasteiger partial charge in [0.15, 0.2) is 6.10 Å². The molecule has 0 saturated heterocycles. The van der Waals surface area contributed by atoms with Crippen LogP contribution in [-0.2, 0) is 9.59 Å². The lowest BCUT2D eigenvalue weighted by Gasteiger charge is -2.18. The summed E-state index contributed by atoms with van der Waals surface area (Å²) in [4.78, 5) is 21.6. The molecule has 0 aliphatic rings. The fourth-order valence-electron chi connectivity index (χ4n) is 1.60. The molecule has 2 atom stereocenters. The SMILES string of the molecule is COc1cccc(C(Br)C(C)=O)c1C(O)C(=O)O. The van der Waals surface area contributed by atoms with E-state index in [0.29, 0.717) is 5.56 Å². The molecule has 5 nitrogen and oxygen atoms in total. The van der Waals surface area contributed by atoms with Crippen LogP contribution in [0.5, 0.6) is 5.75 Å². The van der Waals surface area contributed by atoms with Crippen molar-refractivity contribution in [3.63, 3.8) is 0 Å². The first-order chi connectivity index (χ1) is 8.40. The van der Waals surface area contributed by atoms with Gasteiger partial charge in [-0.1, -0.05) is 28.1 Å². The Hall–Kier alpha value is -1.40. The highest BCUT2D eigenvalue weighted by molar-refractivity contribution is 9.09. The Balaban J connectivity index is 3.42. The zero-order chi connectivity index (χ0) is 13.9. The number of Topliss-reactive ketones (excluding diaryl/α,β-unsaturated/α-hetero) is 1. The molecule has 1 rings (SSSR count). The monoisotopic (exact) mass is 316 g/mol. The first-order valence-corrected chi connectivity index (χ1v) is 6.04. The molecule has 1 aromatic carbocycles. The summed E-state index contributed by atoms with van der Waals surface area (Å²) in [7, 11) is 1.37. The van der Waals surface area contributed by atoms with Crippen LogP contribution in [0.15, 0.2) is 18.2 Å². The molecular weight excluding hydrogens is 304 g/mol. The van der Waals surface area contributed by atoms with Crippen LogP contribution in [0.1, 0.15) is 29.0 Å². The quantitative estimate of drug-likeness (QED) is 0.810. The maximum absolute atomic E-state index is 11.4. The van der Waals surface area contributed by atoms with Gasteiger partial charge < -0.3 is 14.9 Å². The van der Waals surface area contributed by atoms with E-state index in [4.69, 9.17) is 9.84 Å². The summed E-state index contributed by atoms with van der Waals surface area (Å²) in [5, 5.41) is 18.6. The van der Waals surface area contributed by atoms with E-state index >= 15 is 0 Å². The van der Waals surface area contributed by atoms with Crippen LogP contribution in [0.25, 0.3) is 0 Å². The highest BCUT2D eigenvalue weighted by Gasteiger charge is 2.27. The van der Waals surface area contributed by atoms with E-state index in [2.05, 4.69) is 15.9 Å². The van der Waals surface area contributed by atoms with Gasteiger partial charge in [0.05, 0.1) is 11.9 Å². The van der Waals surface area contributed by atoms with Crippen molar-refractivity contribution in [2.45, 2.75) is 17.9 Å². The number of methoxy groups -OCH3 is 1. The number of carboxylic acid groups (broad SMARTS) is 1. The summed E-state index contributed by atoms with van der Waals surface area (Å²) in [5.41, 5.74) is 0.473. The molecule has 0 heterocycles. The van der Waals surface area contributed by atoms with E-state index in [9.17, 15) is 14.7 Å². The molecule has 2 unspecified atom stereocenters. The Bertz CT molecular complexity index is 472. The normalized spacial score (nSPS) is 13.8. The summed E-state index contributed by atoms with van der Waals surface area (Å²) in [6.45, 7) is 1.37. The van der Waals surface area contributed by atoms with Gasteiger partial charge in [-0.05, 0) is 18.6 Å². The number of carbonyl (C=O) groups is 2. The number of carbonyl (C=O) groups excluding carboxylic acids is 1. The minimum atomic E-state index is -1.74. The molecule has 18 heavy (non-hydrogen) atoms. The van der Waals surface area contributed by atoms with Crippen molar-refractivity contribution in [3.05, 3.63) is 29.3 Å². The zero-order valence-corrected chi connectivity index (χ0v) is 11.5. The Labute approximate surface area is 113 Å². The predicted octanol–water partition coefficient (Wildman–Crippen LogP) is 1.84. The molecule has 2 N–H and O–H groups in total. The minimum Gasteiger partial charge on any atom is -0.496 e. The number of benzene rings is 1. The number of alkyl halides is 1. The molecular formula is C12H13BrO5. The molecule has 98 valence electrons. The van der Waals surface area contributed by atoms with Crippen molar-refractivity contribution in [3.8, 4) is 5.75 Å². The third kappa shape index (κ3) is 2.88. The largest absolute Gasteiger partial charge is 0.496 e. The van der Waals surface area contributed by atoms with Crippen LogP contribution in [0.3, 0.4) is 0 Å². The van der Waals surface area contributed by atoms with Gasteiger partial charge in [-0.25, -0.2) is 4.79 Å². The van der Waals surface area contributed by atoms with Gasteiger partial charge in [0, 0.05) is 5.56 Å². The molecule has 0 aromatic heterocycles. The van der Waals surface area contributed by atoms with Crippen LogP contribution >= 0.6 is 15.9 Å².